The minimum atomic E-state index is 0.0129. The molecule has 3 nitrogen and oxygen atoms in total. The highest BCUT2D eigenvalue weighted by Gasteiger charge is 2.38. The molecule has 0 spiro atoms. The van der Waals surface area contributed by atoms with E-state index in [0.29, 0.717) is 0 Å². The molecule has 0 bridgehead atoms. The summed E-state index contributed by atoms with van der Waals surface area (Å²) in [6, 6.07) is 4.05. The molecule has 1 fully saturated rings. The Balaban J connectivity index is 2.30. The van der Waals surface area contributed by atoms with Crippen LogP contribution in [0, 0.1) is 0 Å². The Morgan fingerprint density at radius 1 is 1.31 bits per heavy atom. The second-order valence-electron chi connectivity index (χ2n) is 4.35. The molecule has 0 amide bonds. The number of hydrogen-bond acceptors (Lipinski definition) is 3. The van der Waals surface area contributed by atoms with E-state index in [1.54, 1.807) is 14.2 Å². The summed E-state index contributed by atoms with van der Waals surface area (Å²) in [5.74, 6) is 1.48. The third-order valence-corrected chi connectivity index (χ3v) is 3.53. The van der Waals surface area contributed by atoms with E-state index in [-0.39, 0.29) is 5.54 Å². The fourth-order valence-electron chi connectivity index (χ4n) is 1.82. The van der Waals surface area contributed by atoms with Gasteiger partial charge in [0.1, 0.15) is 0 Å². The molecule has 0 radical (unpaired) electrons. The van der Waals surface area contributed by atoms with E-state index in [1.807, 2.05) is 12.1 Å². The number of rotatable bonds is 4. The summed E-state index contributed by atoms with van der Waals surface area (Å²) in [4.78, 5) is 0. The van der Waals surface area contributed by atoms with E-state index < -0.39 is 0 Å². The molecule has 0 unspecified atom stereocenters. The molecule has 1 saturated carbocycles. The zero-order valence-corrected chi connectivity index (χ0v) is 11.1. The fraction of sp³-hybridized carbons (Fsp3) is 0.500. The highest BCUT2D eigenvalue weighted by Crippen LogP contribution is 2.40. The maximum Gasteiger partial charge on any atom is 0.174 e. The van der Waals surface area contributed by atoms with Gasteiger partial charge >= 0.3 is 0 Å². The number of benzene rings is 1. The molecule has 2 rings (SSSR count). The van der Waals surface area contributed by atoms with Crippen LogP contribution >= 0.6 is 15.9 Å². The minimum Gasteiger partial charge on any atom is -0.493 e. The number of halogens is 1. The Bertz CT molecular complexity index is 402. The van der Waals surface area contributed by atoms with Gasteiger partial charge in [-0.05, 0) is 52.9 Å². The Morgan fingerprint density at radius 2 is 2.00 bits per heavy atom. The molecule has 0 heterocycles. The van der Waals surface area contributed by atoms with Crippen molar-refractivity contribution >= 4 is 15.9 Å². The maximum absolute atomic E-state index is 6.10. The molecule has 0 aliphatic heterocycles. The molecule has 0 saturated heterocycles. The van der Waals surface area contributed by atoms with Crippen LogP contribution in [0.4, 0.5) is 0 Å². The van der Waals surface area contributed by atoms with Crippen molar-refractivity contribution in [2.75, 3.05) is 14.2 Å². The predicted octanol–water partition coefficient (Wildman–Crippen LogP) is 2.50. The van der Waals surface area contributed by atoms with Gasteiger partial charge in [0.25, 0.3) is 0 Å². The standard InChI is InChI=1S/C12H16BrNO2/c1-15-10-6-8(7-12(14)3-4-12)5-9(13)11(10)16-2/h5-6H,3-4,7,14H2,1-2H3. The molecule has 1 aliphatic rings. The van der Waals surface area contributed by atoms with E-state index >= 15 is 0 Å². The van der Waals surface area contributed by atoms with Crippen LogP contribution in [0.5, 0.6) is 11.5 Å². The zero-order chi connectivity index (χ0) is 11.8. The topological polar surface area (TPSA) is 44.5 Å². The third-order valence-electron chi connectivity index (χ3n) is 2.94. The quantitative estimate of drug-likeness (QED) is 0.925. The normalized spacial score (nSPS) is 17.0. The summed E-state index contributed by atoms with van der Waals surface area (Å²) in [5.41, 5.74) is 7.30. The van der Waals surface area contributed by atoms with Gasteiger partial charge in [0.2, 0.25) is 0 Å². The molecule has 88 valence electrons. The molecular weight excluding hydrogens is 270 g/mol. The Labute approximate surface area is 104 Å². The van der Waals surface area contributed by atoms with E-state index in [2.05, 4.69) is 15.9 Å². The van der Waals surface area contributed by atoms with Crippen molar-refractivity contribution in [3.05, 3.63) is 22.2 Å². The van der Waals surface area contributed by atoms with E-state index in [1.165, 1.54) is 5.56 Å². The fourth-order valence-corrected chi connectivity index (χ4v) is 2.47. The van der Waals surface area contributed by atoms with E-state index in [4.69, 9.17) is 15.2 Å². The number of ether oxygens (including phenoxy) is 2. The lowest BCUT2D eigenvalue weighted by Gasteiger charge is -2.14. The van der Waals surface area contributed by atoms with Gasteiger partial charge in [0, 0.05) is 5.54 Å². The summed E-state index contributed by atoms with van der Waals surface area (Å²) in [6.07, 6.45) is 3.11. The van der Waals surface area contributed by atoms with Crippen molar-refractivity contribution in [2.24, 2.45) is 5.73 Å². The van der Waals surface area contributed by atoms with Crippen LogP contribution in [-0.4, -0.2) is 19.8 Å². The minimum absolute atomic E-state index is 0.0129. The summed E-state index contributed by atoms with van der Waals surface area (Å²) in [7, 11) is 3.27. The van der Waals surface area contributed by atoms with Crippen LogP contribution in [0.1, 0.15) is 18.4 Å². The van der Waals surface area contributed by atoms with Crippen LogP contribution in [0.15, 0.2) is 16.6 Å². The van der Waals surface area contributed by atoms with Crippen LogP contribution < -0.4 is 15.2 Å². The van der Waals surface area contributed by atoms with Crippen LogP contribution in [0.2, 0.25) is 0 Å². The first-order valence-electron chi connectivity index (χ1n) is 5.27. The van der Waals surface area contributed by atoms with Gasteiger partial charge in [-0.1, -0.05) is 0 Å². The largest absolute Gasteiger partial charge is 0.493 e. The highest BCUT2D eigenvalue weighted by atomic mass is 79.9. The third kappa shape index (κ3) is 2.33. The van der Waals surface area contributed by atoms with Gasteiger partial charge in [-0.15, -0.1) is 0 Å². The molecule has 1 aromatic carbocycles. The number of hydrogen-bond donors (Lipinski definition) is 1. The smallest absolute Gasteiger partial charge is 0.174 e. The lowest BCUT2D eigenvalue weighted by Crippen LogP contribution is -2.24. The second-order valence-corrected chi connectivity index (χ2v) is 5.21. The van der Waals surface area contributed by atoms with Crippen LogP contribution in [-0.2, 0) is 6.42 Å². The van der Waals surface area contributed by atoms with Crippen molar-refractivity contribution < 1.29 is 9.47 Å². The Kier molecular flexibility index (Phi) is 3.13. The number of nitrogens with two attached hydrogens (primary N) is 1. The molecule has 16 heavy (non-hydrogen) atoms. The molecule has 0 aromatic heterocycles. The first-order chi connectivity index (χ1) is 7.58. The molecule has 2 N–H and O–H groups in total. The summed E-state index contributed by atoms with van der Waals surface area (Å²) < 4.78 is 11.5. The lowest BCUT2D eigenvalue weighted by atomic mass is 10.0. The first-order valence-corrected chi connectivity index (χ1v) is 6.06. The molecular formula is C12H16BrNO2. The van der Waals surface area contributed by atoms with Crippen LogP contribution in [0.3, 0.4) is 0 Å². The van der Waals surface area contributed by atoms with Gasteiger partial charge in [-0.2, -0.15) is 0 Å². The Hall–Kier alpha value is -0.740. The predicted molar refractivity (Wildman–Crippen MR) is 67.1 cm³/mol. The molecule has 1 aromatic rings. The van der Waals surface area contributed by atoms with Gasteiger partial charge in [0.15, 0.2) is 11.5 Å². The average molecular weight is 286 g/mol. The van der Waals surface area contributed by atoms with Gasteiger partial charge < -0.3 is 15.2 Å². The van der Waals surface area contributed by atoms with Crippen LogP contribution in [0.25, 0.3) is 0 Å². The first kappa shape index (κ1) is 11.7. The monoisotopic (exact) mass is 285 g/mol. The van der Waals surface area contributed by atoms with Crippen molar-refractivity contribution in [1.82, 2.24) is 0 Å². The van der Waals surface area contributed by atoms with Gasteiger partial charge in [-0.3, -0.25) is 0 Å². The molecule has 0 atom stereocenters. The van der Waals surface area contributed by atoms with Gasteiger partial charge in [-0.25, -0.2) is 0 Å². The van der Waals surface area contributed by atoms with Crippen molar-refractivity contribution in [3.63, 3.8) is 0 Å². The van der Waals surface area contributed by atoms with Crippen molar-refractivity contribution in [3.8, 4) is 11.5 Å². The highest BCUT2D eigenvalue weighted by molar-refractivity contribution is 9.10. The average Bonchev–Trinajstić information content (AvgIpc) is 2.95. The summed E-state index contributed by atoms with van der Waals surface area (Å²) in [5, 5.41) is 0. The number of methoxy groups -OCH3 is 2. The molecule has 1 aliphatic carbocycles. The SMILES string of the molecule is COc1cc(CC2(N)CC2)cc(Br)c1OC. The molecule has 4 heteroatoms. The lowest BCUT2D eigenvalue weighted by molar-refractivity contribution is 0.352. The van der Waals surface area contributed by atoms with E-state index in [0.717, 1.165) is 35.2 Å². The van der Waals surface area contributed by atoms with Gasteiger partial charge in [0.05, 0.1) is 18.7 Å². The van der Waals surface area contributed by atoms with Crippen molar-refractivity contribution in [1.29, 1.82) is 0 Å². The Morgan fingerprint density at radius 3 is 2.50 bits per heavy atom. The van der Waals surface area contributed by atoms with E-state index in [9.17, 15) is 0 Å². The maximum atomic E-state index is 6.10. The van der Waals surface area contributed by atoms with Crippen molar-refractivity contribution in [2.45, 2.75) is 24.8 Å². The second kappa shape index (κ2) is 4.26. The summed E-state index contributed by atoms with van der Waals surface area (Å²) in [6.45, 7) is 0. The zero-order valence-electron chi connectivity index (χ0n) is 9.55. The summed E-state index contributed by atoms with van der Waals surface area (Å²) >= 11 is 3.48.